The number of fused-ring (bicyclic) bond motifs is 2. The summed E-state index contributed by atoms with van der Waals surface area (Å²) < 4.78 is 5.27. The van der Waals surface area contributed by atoms with Crippen LogP contribution in [0, 0.1) is 11.3 Å². The largest absolute Gasteiger partial charge is 0.355 e. The Morgan fingerprint density at radius 3 is 2.65 bits per heavy atom. The zero-order valence-electron chi connectivity index (χ0n) is 8.71. The van der Waals surface area contributed by atoms with Gasteiger partial charge in [-0.1, -0.05) is 0 Å². The van der Waals surface area contributed by atoms with E-state index in [1.54, 1.807) is 0 Å². The smallest absolute Gasteiger partial charge is 0.264 e. The Morgan fingerprint density at radius 2 is 2.06 bits per heavy atom. The van der Waals surface area contributed by atoms with Crippen molar-refractivity contribution in [3.63, 3.8) is 0 Å². The first kappa shape index (κ1) is 9.99. The Bertz CT molecular complexity index is 522. The quantitative estimate of drug-likeness (QED) is 0.670. The van der Waals surface area contributed by atoms with Crippen LogP contribution in [0.25, 0.3) is 0 Å². The van der Waals surface area contributed by atoms with Crippen LogP contribution in [0.5, 0.6) is 0 Å². The molecule has 0 saturated carbocycles. The third-order valence-electron chi connectivity index (χ3n) is 2.97. The van der Waals surface area contributed by atoms with Gasteiger partial charge in [-0.2, -0.15) is 10.4 Å². The number of imide groups is 1. The van der Waals surface area contributed by atoms with Gasteiger partial charge in [0, 0.05) is 0 Å². The van der Waals surface area contributed by atoms with Crippen LogP contribution in [0.4, 0.5) is 5.82 Å². The number of ether oxygens (including phenoxy) is 1. The number of aromatic nitrogens is 2. The van der Waals surface area contributed by atoms with Crippen molar-refractivity contribution in [3.05, 3.63) is 11.8 Å². The fourth-order valence-electron chi connectivity index (χ4n) is 2.15. The van der Waals surface area contributed by atoms with Crippen LogP contribution in [0.3, 0.4) is 0 Å². The summed E-state index contributed by atoms with van der Waals surface area (Å²) in [5.74, 6) is -0.711. The molecule has 2 unspecified atom stereocenters. The highest BCUT2D eigenvalue weighted by molar-refractivity contribution is 6.19. The number of hydrogen-bond donors (Lipinski definition) is 1. The Morgan fingerprint density at radius 1 is 1.41 bits per heavy atom. The van der Waals surface area contributed by atoms with Crippen molar-refractivity contribution in [2.24, 2.45) is 0 Å². The molecule has 0 aromatic carbocycles. The van der Waals surface area contributed by atoms with E-state index in [0.29, 0.717) is 12.8 Å². The van der Waals surface area contributed by atoms with Gasteiger partial charge in [-0.15, -0.1) is 0 Å². The number of hydrogen-bond acceptors (Lipinski definition) is 5. The summed E-state index contributed by atoms with van der Waals surface area (Å²) in [6, 6.07) is 1.88. The third kappa shape index (κ3) is 1.28. The van der Waals surface area contributed by atoms with Crippen molar-refractivity contribution in [3.8, 4) is 6.07 Å². The molecule has 1 N–H and O–H groups in total. The average Bonchev–Trinajstić information content (AvgIpc) is 2.95. The van der Waals surface area contributed by atoms with Gasteiger partial charge < -0.3 is 4.74 Å². The van der Waals surface area contributed by atoms with Crippen LogP contribution in [-0.4, -0.2) is 34.2 Å². The van der Waals surface area contributed by atoms with Gasteiger partial charge in [0.25, 0.3) is 11.8 Å². The summed E-state index contributed by atoms with van der Waals surface area (Å²) >= 11 is 0. The number of nitrogens with zero attached hydrogens (tertiary/aromatic N) is 3. The maximum Gasteiger partial charge on any atom is 0.264 e. The van der Waals surface area contributed by atoms with Crippen molar-refractivity contribution in [1.29, 1.82) is 5.26 Å². The van der Waals surface area contributed by atoms with Crippen LogP contribution in [0.2, 0.25) is 0 Å². The Hall–Kier alpha value is -2.20. The monoisotopic (exact) mass is 232 g/mol. The first-order valence-corrected chi connectivity index (χ1v) is 5.19. The summed E-state index contributed by atoms with van der Waals surface area (Å²) in [6.45, 7) is 0. The standard InChI is InChI=1S/C10H8N4O3/c11-3-5-4-12-13-8(5)14-9(15)6-1-2-7(17-6)10(14)16/h4,6-7H,1-2H2,(H,12,13). The molecular weight excluding hydrogens is 224 g/mol. The Balaban J connectivity index is 2.06. The molecule has 2 bridgehead atoms. The lowest BCUT2D eigenvalue weighted by Gasteiger charge is -2.28. The van der Waals surface area contributed by atoms with E-state index in [0.717, 1.165) is 4.90 Å². The number of anilines is 1. The highest BCUT2D eigenvalue weighted by Crippen LogP contribution is 2.31. The second-order valence-electron chi connectivity index (χ2n) is 3.95. The molecular formula is C10H8N4O3. The molecule has 86 valence electrons. The number of amides is 2. The molecule has 3 heterocycles. The van der Waals surface area contributed by atoms with Gasteiger partial charge in [-0.3, -0.25) is 14.7 Å². The zero-order chi connectivity index (χ0) is 12.0. The predicted octanol–water partition coefficient (Wildman–Crippen LogP) is -0.298. The summed E-state index contributed by atoms with van der Waals surface area (Å²) in [7, 11) is 0. The molecule has 2 atom stereocenters. The van der Waals surface area contributed by atoms with Crippen molar-refractivity contribution in [1.82, 2.24) is 10.2 Å². The number of rotatable bonds is 1. The minimum absolute atomic E-state index is 0.141. The van der Waals surface area contributed by atoms with Crippen LogP contribution >= 0.6 is 0 Å². The van der Waals surface area contributed by atoms with E-state index in [1.807, 2.05) is 6.07 Å². The average molecular weight is 232 g/mol. The van der Waals surface area contributed by atoms with E-state index in [-0.39, 0.29) is 11.4 Å². The van der Waals surface area contributed by atoms with E-state index in [2.05, 4.69) is 10.2 Å². The lowest BCUT2D eigenvalue weighted by atomic mass is 10.2. The van der Waals surface area contributed by atoms with Crippen LogP contribution in [-0.2, 0) is 14.3 Å². The fraction of sp³-hybridized carbons (Fsp3) is 0.400. The zero-order valence-corrected chi connectivity index (χ0v) is 8.71. The minimum Gasteiger partial charge on any atom is -0.355 e. The molecule has 2 fully saturated rings. The van der Waals surface area contributed by atoms with Gasteiger partial charge in [-0.25, -0.2) is 4.90 Å². The number of nitriles is 1. The molecule has 3 rings (SSSR count). The molecule has 1 aromatic heterocycles. The van der Waals surface area contributed by atoms with E-state index >= 15 is 0 Å². The van der Waals surface area contributed by atoms with Gasteiger partial charge in [0.2, 0.25) is 0 Å². The van der Waals surface area contributed by atoms with E-state index in [1.165, 1.54) is 6.20 Å². The van der Waals surface area contributed by atoms with Gasteiger partial charge in [0.15, 0.2) is 5.82 Å². The van der Waals surface area contributed by atoms with Crippen molar-refractivity contribution in [2.75, 3.05) is 4.90 Å². The molecule has 2 saturated heterocycles. The number of morpholine rings is 1. The number of H-pyrrole nitrogens is 1. The fourth-order valence-corrected chi connectivity index (χ4v) is 2.15. The molecule has 2 amide bonds. The maximum atomic E-state index is 12.0. The Labute approximate surface area is 96.0 Å². The molecule has 7 heteroatoms. The second kappa shape index (κ2) is 3.40. The summed E-state index contributed by atoms with van der Waals surface area (Å²) in [4.78, 5) is 24.9. The van der Waals surface area contributed by atoms with Crippen LogP contribution in [0.15, 0.2) is 6.20 Å². The van der Waals surface area contributed by atoms with E-state index in [4.69, 9.17) is 10.00 Å². The molecule has 7 nitrogen and oxygen atoms in total. The molecule has 0 spiro atoms. The molecule has 1 aromatic rings. The van der Waals surface area contributed by atoms with Crippen molar-refractivity contribution >= 4 is 17.6 Å². The van der Waals surface area contributed by atoms with Crippen molar-refractivity contribution < 1.29 is 14.3 Å². The normalized spacial score (nSPS) is 27.4. The minimum atomic E-state index is -0.576. The first-order valence-electron chi connectivity index (χ1n) is 5.19. The predicted molar refractivity (Wildman–Crippen MR) is 53.7 cm³/mol. The highest BCUT2D eigenvalue weighted by atomic mass is 16.5. The highest BCUT2D eigenvalue weighted by Gasteiger charge is 2.48. The number of nitrogens with one attached hydrogen (secondary N) is 1. The SMILES string of the molecule is N#Cc1cn[nH]c1N1C(=O)C2CCC(O2)C1=O. The van der Waals surface area contributed by atoms with Gasteiger partial charge >= 0.3 is 0 Å². The summed E-state index contributed by atoms with van der Waals surface area (Å²) in [5.41, 5.74) is 0.174. The van der Waals surface area contributed by atoms with Gasteiger partial charge in [0.05, 0.1) is 6.20 Å². The molecule has 17 heavy (non-hydrogen) atoms. The lowest BCUT2D eigenvalue weighted by Crippen LogP contribution is -2.52. The number of aromatic amines is 1. The number of carbonyl (C=O) groups is 2. The maximum absolute atomic E-state index is 12.0. The molecule has 0 aliphatic carbocycles. The van der Waals surface area contributed by atoms with Crippen LogP contribution in [0.1, 0.15) is 18.4 Å². The second-order valence-corrected chi connectivity index (χ2v) is 3.95. The van der Waals surface area contributed by atoms with Gasteiger partial charge in [0.1, 0.15) is 23.8 Å². The third-order valence-corrected chi connectivity index (χ3v) is 2.97. The lowest BCUT2D eigenvalue weighted by molar-refractivity contribution is -0.146. The summed E-state index contributed by atoms with van der Waals surface area (Å²) in [5, 5.41) is 15.1. The van der Waals surface area contributed by atoms with E-state index < -0.39 is 24.0 Å². The Kier molecular flexibility index (Phi) is 2.00. The molecule has 2 aliphatic heterocycles. The van der Waals surface area contributed by atoms with Crippen molar-refractivity contribution in [2.45, 2.75) is 25.0 Å². The van der Waals surface area contributed by atoms with Crippen LogP contribution < -0.4 is 4.90 Å². The molecule has 0 radical (unpaired) electrons. The van der Waals surface area contributed by atoms with E-state index in [9.17, 15) is 9.59 Å². The topological polar surface area (TPSA) is 99.1 Å². The first-order chi connectivity index (χ1) is 8.22. The molecule has 2 aliphatic rings. The number of carbonyl (C=O) groups excluding carboxylic acids is 2. The van der Waals surface area contributed by atoms with Gasteiger partial charge in [-0.05, 0) is 12.8 Å². The summed E-state index contributed by atoms with van der Waals surface area (Å²) in [6.07, 6.45) is 1.22.